The maximum atomic E-state index is 12.2. The standard InChI is InChI=1S/C13H27N3O3S/c1-11(2)8-12(10-14)9-13(17)15-4-6-16(7-5-15)20(3,18)19/h11-12H,4-10,14H2,1-3H3. The minimum Gasteiger partial charge on any atom is -0.340 e. The molecule has 0 aromatic rings. The van der Waals surface area contributed by atoms with Crippen LogP contribution in [0.5, 0.6) is 0 Å². The van der Waals surface area contributed by atoms with Crippen molar-refractivity contribution in [3.63, 3.8) is 0 Å². The fourth-order valence-corrected chi connectivity index (χ4v) is 3.40. The van der Waals surface area contributed by atoms with Crippen molar-refractivity contribution in [3.05, 3.63) is 0 Å². The number of rotatable bonds is 6. The lowest BCUT2D eigenvalue weighted by atomic mass is 9.93. The van der Waals surface area contributed by atoms with Crippen LogP contribution in [0.15, 0.2) is 0 Å². The SMILES string of the molecule is CC(C)CC(CN)CC(=O)N1CCN(S(C)(=O)=O)CC1. The van der Waals surface area contributed by atoms with Crippen LogP contribution in [0.25, 0.3) is 0 Å². The molecule has 1 atom stereocenters. The van der Waals surface area contributed by atoms with E-state index in [-0.39, 0.29) is 11.8 Å². The van der Waals surface area contributed by atoms with Crippen molar-refractivity contribution in [2.45, 2.75) is 26.7 Å². The molecule has 1 saturated heterocycles. The molecule has 1 fully saturated rings. The Bertz CT molecular complexity index is 415. The summed E-state index contributed by atoms with van der Waals surface area (Å²) in [5, 5.41) is 0. The van der Waals surface area contributed by atoms with Gasteiger partial charge in [0, 0.05) is 32.6 Å². The highest BCUT2D eigenvalue weighted by atomic mass is 32.2. The number of nitrogens with two attached hydrogens (primary N) is 1. The minimum atomic E-state index is -3.14. The molecular weight excluding hydrogens is 278 g/mol. The van der Waals surface area contributed by atoms with Crippen LogP contribution in [-0.2, 0) is 14.8 Å². The van der Waals surface area contributed by atoms with Crippen molar-refractivity contribution in [2.24, 2.45) is 17.6 Å². The fourth-order valence-electron chi connectivity index (χ4n) is 2.57. The number of hydrogen-bond donors (Lipinski definition) is 1. The highest BCUT2D eigenvalue weighted by molar-refractivity contribution is 7.88. The van der Waals surface area contributed by atoms with Crippen LogP contribution in [0.3, 0.4) is 0 Å². The molecule has 7 heteroatoms. The van der Waals surface area contributed by atoms with Crippen molar-refractivity contribution in [2.75, 3.05) is 39.0 Å². The number of piperazine rings is 1. The zero-order chi connectivity index (χ0) is 15.3. The van der Waals surface area contributed by atoms with E-state index in [1.165, 1.54) is 10.6 Å². The number of carbonyl (C=O) groups excluding carboxylic acids is 1. The molecule has 0 radical (unpaired) electrons. The van der Waals surface area contributed by atoms with Crippen LogP contribution in [0.4, 0.5) is 0 Å². The molecule has 0 aromatic heterocycles. The van der Waals surface area contributed by atoms with Gasteiger partial charge in [0.1, 0.15) is 0 Å². The van der Waals surface area contributed by atoms with Crippen LogP contribution in [0.1, 0.15) is 26.7 Å². The summed E-state index contributed by atoms with van der Waals surface area (Å²) in [6.07, 6.45) is 2.62. The third kappa shape index (κ3) is 5.38. The predicted octanol–water partition coefficient (Wildman–Crippen LogP) is 0.101. The molecule has 6 nitrogen and oxygen atoms in total. The maximum Gasteiger partial charge on any atom is 0.222 e. The van der Waals surface area contributed by atoms with Gasteiger partial charge in [-0.15, -0.1) is 0 Å². The highest BCUT2D eigenvalue weighted by Crippen LogP contribution is 2.16. The average molecular weight is 305 g/mol. The Morgan fingerprint density at radius 2 is 1.75 bits per heavy atom. The zero-order valence-electron chi connectivity index (χ0n) is 12.7. The van der Waals surface area contributed by atoms with Gasteiger partial charge in [0.05, 0.1) is 6.26 Å². The Morgan fingerprint density at radius 3 is 2.15 bits per heavy atom. The summed E-state index contributed by atoms with van der Waals surface area (Å²) < 4.78 is 24.3. The van der Waals surface area contributed by atoms with Gasteiger partial charge < -0.3 is 10.6 Å². The lowest BCUT2D eigenvalue weighted by Gasteiger charge is -2.34. The summed E-state index contributed by atoms with van der Waals surface area (Å²) >= 11 is 0. The van der Waals surface area contributed by atoms with E-state index in [4.69, 9.17) is 5.73 Å². The summed E-state index contributed by atoms with van der Waals surface area (Å²) in [7, 11) is -3.14. The lowest BCUT2D eigenvalue weighted by molar-refractivity contribution is -0.133. The van der Waals surface area contributed by atoms with Gasteiger partial charge in [0.15, 0.2) is 0 Å². The van der Waals surface area contributed by atoms with E-state index < -0.39 is 10.0 Å². The fraction of sp³-hybridized carbons (Fsp3) is 0.923. The van der Waals surface area contributed by atoms with Crippen LogP contribution in [-0.4, -0.2) is 62.5 Å². The van der Waals surface area contributed by atoms with Gasteiger partial charge in [-0.1, -0.05) is 13.8 Å². The smallest absolute Gasteiger partial charge is 0.222 e. The first-order chi connectivity index (χ1) is 9.24. The molecule has 1 heterocycles. The molecule has 1 rings (SSSR count). The number of carbonyl (C=O) groups is 1. The second kappa shape index (κ2) is 7.38. The minimum absolute atomic E-state index is 0.0919. The van der Waals surface area contributed by atoms with E-state index >= 15 is 0 Å². The monoisotopic (exact) mass is 305 g/mol. The van der Waals surface area contributed by atoms with Crippen LogP contribution in [0.2, 0.25) is 0 Å². The number of amides is 1. The summed E-state index contributed by atoms with van der Waals surface area (Å²) in [5.74, 6) is 0.836. The van der Waals surface area contributed by atoms with Gasteiger partial charge in [-0.3, -0.25) is 4.79 Å². The molecule has 1 unspecified atom stereocenters. The Labute approximate surface area is 122 Å². The first kappa shape index (κ1) is 17.4. The first-order valence-corrected chi connectivity index (χ1v) is 9.01. The first-order valence-electron chi connectivity index (χ1n) is 7.17. The third-order valence-corrected chi connectivity index (χ3v) is 4.96. The van der Waals surface area contributed by atoms with E-state index in [0.717, 1.165) is 6.42 Å². The Morgan fingerprint density at radius 1 is 1.20 bits per heavy atom. The molecule has 0 aliphatic carbocycles. The molecule has 0 bridgehead atoms. The van der Waals surface area contributed by atoms with Gasteiger partial charge >= 0.3 is 0 Å². The van der Waals surface area contributed by atoms with Crippen LogP contribution >= 0.6 is 0 Å². The van der Waals surface area contributed by atoms with Gasteiger partial charge in [0.25, 0.3) is 0 Å². The van der Waals surface area contributed by atoms with Crippen LogP contribution < -0.4 is 5.73 Å². The van der Waals surface area contributed by atoms with E-state index in [2.05, 4.69) is 13.8 Å². The Balaban J connectivity index is 2.46. The molecule has 1 aliphatic heterocycles. The Kier molecular flexibility index (Phi) is 6.42. The van der Waals surface area contributed by atoms with E-state index in [1.807, 2.05) is 0 Å². The topological polar surface area (TPSA) is 83.7 Å². The zero-order valence-corrected chi connectivity index (χ0v) is 13.5. The second-order valence-corrected chi connectivity index (χ2v) is 7.96. The van der Waals surface area contributed by atoms with Crippen molar-refractivity contribution >= 4 is 15.9 Å². The molecule has 0 spiro atoms. The van der Waals surface area contributed by atoms with Crippen molar-refractivity contribution in [1.29, 1.82) is 0 Å². The van der Waals surface area contributed by atoms with Gasteiger partial charge in [0.2, 0.25) is 15.9 Å². The normalized spacial score (nSPS) is 19.4. The molecule has 0 saturated carbocycles. The highest BCUT2D eigenvalue weighted by Gasteiger charge is 2.27. The quantitative estimate of drug-likeness (QED) is 0.754. The lowest BCUT2D eigenvalue weighted by Crippen LogP contribution is -2.50. The van der Waals surface area contributed by atoms with Gasteiger partial charge in [-0.25, -0.2) is 8.42 Å². The van der Waals surface area contributed by atoms with Crippen molar-refractivity contribution in [3.8, 4) is 0 Å². The summed E-state index contributed by atoms with van der Waals surface area (Å²) in [6, 6.07) is 0. The van der Waals surface area contributed by atoms with E-state index in [9.17, 15) is 13.2 Å². The summed E-state index contributed by atoms with van der Waals surface area (Å²) in [5.41, 5.74) is 5.72. The molecule has 20 heavy (non-hydrogen) atoms. The Hall–Kier alpha value is -0.660. The summed E-state index contributed by atoms with van der Waals surface area (Å²) in [4.78, 5) is 14.0. The largest absolute Gasteiger partial charge is 0.340 e. The van der Waals surface area contributed by atoms with E-state index in [0.29, 0.717) is 45.1 Å². The van der Waals surface area contributed by atoms with Crippen molar-refractivity contribution in [1.82, 2.24) is 9.21 Å². The number of nitrogens with zero attached hydrogens (tertiary/aromatic N) is 2. The van der Waals surface area contributed by atoms with Gasteiger partial charge in [-0.2, -0.15) is 4.31 Å². The number of hydrogen-bond acceptors (Lipinski definition) is 4. The summed E-state index contributed by atoms with van der Waals surface area (Å²) in [6.45, 7) is 6.50. The molecule has 1 aliphatic rings. The third-order valence-electron chi connectivity index (χ3n) is 3.66. The van der Waals surface area contributed by atoms with Gasteiger partial charge in [-0.05, 0) is 24.8 Å². The number of sulfonamides is 1. The van der Waals surface area contributed by atoms with Crippen molar-refractivity contribution < 1.29 is 13.2 Å². The molecule has 1 amide bonds. The predicted molar refractivity (Wildman–Crippen MR) is 79.6 cm³/mol. The molecular formula is C13H27N3O3S. The molecule has 118 valence electrons. The second-order valence-electron chi connectivity index (χ2n) is 5.98. The molecule has 2 N–H and O–H groups in total. The van der Waals surface area contributed by atoms with E-state index in [1.54, 1.807) is 4.90 Å². The van der Waals surface area contributed by atoms with Crippen LogP contribution in [0, 0.1) is 11.8 Å². The average Bonchev–Trinajstić information content (AvgIpc) is 2.36. The maximum absolute atomic E-state index is 12.2. The molecule has 0 aromatic carbocycles.